The molecule has 2 heterocycles. The Balaban J connectivity index is 0.00000256. The van der Waals surface area contributed by atoms with Crippen molar-refractivity contribution in [2.45, 2.75) is 13.3 Å². The number of rotatable bonds is 6. The van der Waals surface area contributed by atoms with E-state index in [-0.39, 0.29) is 18.2 Å². The molecule has 0 unspecified atom stereocenters. The first-order chi connectivity index (χ1) is 14.2. The zero-order valence-electron chi connectivity index (χ0n) is 16.6. The summed E-state index contributed by atoms with van der Waals surface area (Å²) in [6.07, 6.45) is 0.981. The van der Waals surface area contributed by atoms with Crippen molar-refractivity contribution in [2.75, 3.05) is 41.8 Å². The van der Waals surface area contributed by atoms with E-state index in [0.29, 0.717) is 49.8 Å². The molecular formula is C21H24ClFN6O. The Kier molecular flexibility index (Phi) is 7.37. The number of benzene rings is 2. The lowest BCUT2D eigenvalue weighted by Gasteiger charge is -2.27. The number of halogens is 2. The molecule has 0 atom stereocenters. The Labute approximate surface area is 181 Å². The zero-order valence-corrected chi connectivity index (χ0v) is 17.5. The van der Waals surface area contributed by atoms with Crippen LogP contribution in [-0.2, 0) is 11.2 Å². The van der Waals surface area contributed by atoms with E-state index < -0.39 is 0 Å². The number of aromatic nitrogens is 3. The second-order valence-electron chi connectivity index (χ2n) is 6.69. The molecule has 30 heavy (non-hydrogen) atoms. The van der Waals surface area contributed by atoms with E-state index in [4.69, 9.17) is 4.74 Å². The lowest BCUT2D eigenvalue weighted by atomic mass is 10.1. The third-order valence-electron chi connectivity index (χ3n) is 4.62. The van der Waals surface area contributed by atoms with Gasteiger partial charge in [0.05, 0.1) is 13.2 Å². The quantitative estimate of drug-likeness (QED) is 0.603. The lowest BCUT2D eigenvalue weighted by Crippen LogP contribution is -2.37. The minimum absolute atomic E-state index is 0. The molecule has 0 radical (unpaired) electrons. The molecule has 2 aromatic carbocycles. The fourth-order valence-electron chi connectivity index (χ4n) is 3.03. The van der Waals surface area contributed by atoms with Crippen LogP contribution in [0.3, 0.4) is 0 Å². The average Bonchev–Trinajstić information content (AvgIpc) is 2.75. The normalized spacial score (nSPS) is 13.5. The molecule has 4 rings (SSSR count). The van der Waals surface area contributed by atoms with Crippen LogP contribution in [0, 0.1) is 5.82 Å². The first kappa shape index (κ1) is 21.7. The summed E-state index contributed by atoms with van der Waals surface area (Å²) in [5.41, 5.74) is 2.72. The van der Waals surface area contributed by atoms with Gasteiger partial charge in [0.2, 0.25) is 17.8 Å². The van der Waals surface area contributed by atoms with Gasteiger partial charge in [-0.3, -0.25) is 0 Å². The van der Waals surface area contributed by atoms with Gasteiger partial charge in [-0.1, -0.05) is 25.1 Å². The SMILES string of the molecule is CCc1ccc(Nc2nc(Nc3cccc(F)c3)nc(N3CCOCC3)n2)cc1.Cl. The van der Waals surface area contributed by atoms with E-state index in [0.717, 1.165) is 12.1 Å². The predicted molar refractivity (Wildman–Crippen MR) is 119 cm³/mol. The summed E-state index contributed by atoms with van der Waals surface area (Å²) in [5, 5.41) is 6.31. The summed E-state index contributed by atoms with van der Waals surface area (Å²) in [5.74, 6) is 0.992. The van der Waals surface area contributed by atoms with Gasteiger partial charge in [0, 0.05) is 24.5 Å². The first-order valence-corrected chi connectivity index (χ1v) is 9.67. The molecule has 0 amide bonds. The number of ether oxygens (including phenoxy) is 1. The maximum atomic E-state index is 13.5. The molecule has 0 bridgehead atoms. The summed E-state index contributed by atoms with van der Waals surface area (Å²) in [6.45, 7) is 4.77. The van der Waals surface area contributed by atoms with Gasteiger partial charge in [-0.15, -0.1) is 12.4 Å². The smallest absolute Gasteiger partial charge is 0.233 e. The van der Waals surface area contributed by atoms with Crippen LogP contribution in [0.2, 0.25) is 0 Å². The number of hydrogen-bond donors (Lipinski definition) is 2. The van der Waals surface area contributed by atoms with E-state index in [2.05, 4.69) is 44.6 Å². The van der Waals surface area contributed by atoms with Crippen LogP contribution in [0.5, 0.6) is 0 Å². The molecule has 1 aliphatic heterocycles. The highest BCUT2D eigenvalue weighted by Gasteiger charge is 2.17. The highest BCUT2D eigenvalue weighted by atomic mass is 35.5. The fourth-order valence-corrected chi connectivity index (χ4v) is 3.03. The molecule has 158 valence electrons. The topological polar surface area (TPSA) is 75.2 Å². The maximum Gasteiger partial charge on any atom is 0.233 e. The Morgan fingerprint density at radius 1 is 0.933 bits per heavy atom. The van der Waals surface area contributed by atoms with Gasteiger partial charge in [-0.05, 0) is 42.3 Å². The molecule has 1 aliphatic rings. The molecule has 1 aromatic heterocycles. The fraction of sp³-hybridized carbons (Fsp3) is 0.286. The first-order valence-electron chi connectivity index (χ1n) is 9.67. The van der Waals surface area contributed by atoms with Crippen molar-refractivity contribution < 1.29 is 9.13 Å². The minimum atomic E-state index is -0.327. The van der Waals surface area contributed by atoms with Gasteiger partial charge in [-0.2, -0.15) is 15.0 Å². The molecule has 3 aromatic rings. The third-order valence-corrected chi connectivity index (χ3v) is 4.62. The highest BCUT2D eigenvalue weighted by Crippen LogP contribution is 2.21. The second kappa shape index (κ2) is 10.2. The molecule has 2 N–H and O–H groups in total. The molecular weight excluding hydrogens is 407 g/mol. The summed E-state index contributed by atoms with van der Waals surface area (Å²) in [7, 11) is 0. The molecule has 1 fully saturated rings. The summed E-state index contributed by atoms with van der Waals surface area (Å²) >= 11 is 0. The number of aryl methyl sites for hydroxylation is 1. The number of morpholine rings is 1. The predicted octanol–water partition coefficient (Wildman–Crippen LogP) is 4.32. The second-order valence-corrected chi connectivity index (χ2v) is 6.69. The number of anilines is 5. The van der Waals surface area contributed by atoms with Crippen LogP contribution in [0.15, 0.2) is 48.5 Å². The van der Waals surface area contributed by atoms with Crippen LogP contribution in [0.4, 0.5) is 33.6 Å². The standard InChI is InChI=1S/C21H23FN6O.ClH/c1-2-15-6-8-17(9-7-15)23-19-25-20(24-18-5-3-4-16(22)14-18)27-21(26-19)28-10-12-29-13-11-28;/h3-9,14H,2,10-13H2,1H3,(H2,23,24,25,26,27);1H. The van der Waals surface area contributed by atoms with Crippen molar-refractivity contribution in [1.29, 1.82) is 0 Å². The van der Waals surface area contributed by atoms with E-state index in [1.54, 1.807) is 12.1 Å². The van der Waals surface area contributed by atoms with Crippen LogP contribution in [0.25, 0.3) is 0 Å². The van der Waals surface area contributed by atoms with Gasteiger partial charge in [0.15, 0.2) is 0 Å². The van der Waals surface area contributed by atoms with Crippen LogP contribution in [0.1, 0.15) is 12.5 Å². The van der Waals surface area contributed by atoms with Crippen LogP contribution < -0.4 is 15.5 Å². The summed E-state index contributed by atoms with van der Waals surface area (Å²) < 4.78 is 19.0. The van der Waals surface area contributed by atoms with Crippen LogP contribution in [-0.4, -0.2) is 41.3 Å². The van der Waals surface area contributed by atoms with Crippen molar-refractivity contribution in [3.63, 3.8) is 0 Å². The third kappa shape index (κ3) is 5.55. The maximum absolute atomic E-state index is 13.5. The van der Waals surface area contributed by atoms with E-state index in [9.17, 15) is 4.39 Å². The highest BCUT2D eigenvalue weighted by molar-refractivity contribution is 5.85. The van der Waals surface area contributed by atoms with Crippen LogP contribution >= 0.6 is 12.4 Å². The van der Waals surface area contributed by atoms with Crippen molar-refractivity contribution in [3.8, 4) is 0 Å². The summed E-state index contributed by atoms with van der Waals surface area (Å²) in [6, 6.07) is 14.3. The number of nitrogens with one attached hydrogen (secondary N) is 2. The summed E-state index contributed by atoms with van der Waals surface area (Å²) in [4.78, 5) is 15.6. The van der Waals surface area contributed by atoms with E-state index in [1.165, 1.54) is 17.7 Å². The monoisotopic (exact) mass is 430 g/mol. The molecule has 1 saturated heterocycles. The molecule has 7 nitrogen and oxygen atoms in total. The molecule has 0 saturated carbocycles. The van der Waals surface area contributed by atoms with E-state index >= 15 is 0 Å². The van der Waals surface area contributed by atoms with Crippen molar-refractivity contribution in [2.24, 2.45) is 0 Å². The number of nitrogens with zero attached hydrogens (tertiary/aromatic N) is 4. The number of hydrogen-bond acceptors (Lipinski definition) is 7. The van der Waals surface area contributed by atoms with Gasteiger partial charge in [-0.25, -0.2) is 4.39 Å². The van der Waals surface area contributed by atoms with Gasteiger partial charge < -0.3 is 20.3 Å². The largest absolute Gasteiger partial charge is 0.378 e. The zero-order chi connectivity index (χ0) is 20.1. The average molecular weight is 431 g/mol. The van der Waals surface area contributed by atoms with Gasteiger partial charge >= 0.3 is 0 Å². The Hall–Kier alpha value is -2.97. The van der Waals surface area contributed by atoms with Gasteiger partial charge in [0.1, 0.15) is 5.82 Å². The Morgan fingerprint density at radius 3 is 2.23 bits per heavy atom. The molecule has 0 spiro atoms. The minimum Gasteiger partial charge on any atom is -0.378 e. The lowest BCUT2D eigenvalue weighted by molar-refractivity contribution is 0.122. The molecule has 9 heteroatoms. The van der Waals surface area contributed by atoms with Gasteiger partial charge in [0.25, 0.3) is 0 Å². The van der Waals surface area contributed by atoms with Crippen molar-refractivity contribution >= 4 is 41.6 Å². The Bertz CT molecular complexity index is 966. The Morgan fingerprint density at radius 2 is 1.60 bits per heavy atom. The van der Waals surface area contributed by atoms with Crippen molar-refractivity contribution in [3.05, 3.63) is 59.9 Å². The van der Waals surface area contributed by atoms with Crippen molar-refractivity contribution in [1.82, 2.24) is 15.0 Å². The molecule has 0 aliphatic carbocycles. The van der Waals surface area contributed by atoms with E-state index in [1.807, 2.05) is 17.0 Å².